The summed E-state index contributed by atoms with van der Waals surface area (Å²) >= 11 is 0. The predicted octanol–water partition coefficient (Wildman–Crippen LogP) is 0.198. The molecule has 7 heteroatoms. The molecule has 0 radical (unpaired) electrons. The molecule has 0 spiro atoms. The van der Waals surface area contributed by atoms with Gasteiger partial charge in [-0.2, -0.15) is 0 Å². The second-order valence-corrected chi connectivity index (χ2v) is 4.23. The summed E-state index contributed by atoms with van der Waals surface area (Å²) < 4.78 is 9.75. The van der Waals surface area contributed by atoms with E-state index >= 15 is 0 Å². The number of methoxy groups -OCH3 is 1. The molecule has 1 saturated carbocycles. The first-order chi connectivity index (χ1) is 8.69. The van der Waals surface area contributed by atoms with E-state index in [0.29, 0.717) is 19.8 Å². The maximum Gasteiger partial charge on any atom is 0.325 e. The molecule has 0 saturated heterocycles. The molecule has 1 fully saturated rings. The Bertz CT molecular complexity index is 285. The van der Waals surface area contributed by atoms with Gasteiger partial charge in [-0.3, -0.25) is 9.59 Å². The monoisotopic (exact) mass is 294 g/mol. The molecule has 1 rings (SSSR count). The van der Waals surface area contributed by atoms with Crippen LogP contribution < -0.4 is 5.32 Å². The third-order valence-corrected chi connectivity index (χ3v) is 2.67. The minimum atomic E-state index is -0.338. The summed E-state index contributed by atoms with van der Waals surface area (Å²) in [5.74, 6) is -0.392. The number of halogens is 1. The molecule has 1 amide bonds. The molecular weight excluding hydrogens is 272 g/mol. The van der Waals surface area contributed by atoms with Crippen molar-refractivity contribution in [3.8, 4) is 0 Å². The fourth-order valence-corrected chi connectivity index (χ4v) is 1.62. The Hall–Kier alpha value is -0.850. The molecule has 0 unspecified atom stereocenters. The third kappa shape index (κ3) is 7.34. The number of amides is 1. The van der Waals surface area contributed by atoms with Crippen molar-refractivity contribution in [2.45, 2.75) is 25.8 Å². The number of nitrogens with one attached hydrogen (secondary N) is 1. The Morgan fingerprint density at radius 1 is 1.37 bits per heavy atom. The lowest BCUT2D eigenvalue weighted by atomic mass is 10.4. The highest BCUT2D eigenvalue weighted by atomic mass is 35.5. The van der Waals surface area contributed by atoms with Crippen LogP contribution in [0.1, 0.15) is 19.8 Å². The highest BCUT2D eigenvalue weighted by molar-refractivity contribution is 5.85. The molecule has 112 valence electrons. The first kappa shape index (κ1) is 18.1. The summed E-state index contributed by atoms with van der Waals surface area (Å²) in [4.78, 5) is 25.0. The lowest BCUT2D eigenvalue weighted by molar-refractivity contribution is -0.149. The third-order valence-electron chi connectivity index (χ3n) is 2.67. The number of hydrogen-bond donors (Lipinski definition) is 1. The quantitative estimate of drug-likeness (QED) is 0.486. The van der Waals surface area contributed by atoms with Crippen molar-refractivity contribution in [2.24, 2.45) is 0 Å². The van der Waals surface area contributed by atoms with Gasteiger partial charge in [0.25, 0.3) is 0 Å². The van der Waals surface area contributed by atoms with E-state index in [2.05, 4.69) is 5.32 Å². The first-order valence-electron chi connectivity index (χ1n) is 6.33. The molecular formula is C12H23ClN2O4. The van der Waals surface area contributed by atoms with Gasteiger partial charge in [0.2, 0.25) is 5.91 Å². The van der Waals surface area contributed by atoms with Gasteiger partial charge in [-0.25, -0.2) is 0 Å². The molecule has 0 aromatic rings. The van der Waals surface area contributed by atoms with Crippen molar-refractivity contribution in [3.05, 3.63) is 0 Å². The van der Waals surface area contributed by atoms with Crippen LogP contribution in [0.4, 0.5) is 0 Å². The van der Waals surface area contributed by atoms with Crippen LogP contribution >= 0.6 is 12.4 Å². The topological polar surface area (TPSA) is 67.9 Å². The van der Waals surface area contributed by atoms with Crippen LogP contribution in [0.3, 0.4) is 0 Å². The highest BCUT2D eigenvalue weighted by Crippen LogP contribution is 2.26. The summed E-state index contributed by atoms with van der Waals surface area (Å²) in [6, 6.07) is 0.214. The fourth-order valence-electron chi connectivity index (χ4n) is 1.62. The van der Waals surface area contributed by atoms with Gasteiger partial charge >= 0.3 is 5.97 Å². The number of carbonyl (C=O) groups is 2. The maximum absolute atomic E-state index is 11.9. The minimum absolute atomic E-state index is 0. The summed E-state index contributed by atoms with van der Waals surface area (Å²) in [6.45, 7) is 3.59. The number of esters is 1. The standard InChI is InChI=1S/C12H22N2O4.ClH/c1-3-18-12(16)9-14(10-4-5-10)11(15)8-13-6-7-17-2;/h10,13H,3-9H2,1-2H3;1H. The molecule has 1 N–H and O–H groups in total. The lowest BCUT2D eigenvalue weighted by Crippen LogP contribution is -2.43. The van der Waals surface area contributed by atoms with E-state index in [1.165, 1.54) is 0 Å². The Morgan fingerprint density at radius 2 is 2.05 bits per heavy atom. The van der Waals surface area contributed by atoms with Crippen LogP contribution in [0.25, 0.3) is 0 Å². The van der Waals surface area contributed by atoms with E-state index in [1.54, 1.807) is 18.9 Å². The van der Waals surface area contributed by atoms with Gasteiger partial charge in [-0.05, 0) is 19.8 Å². The lowest BCUT2D eigenvalue weighted by Gasteiger charge is -2.21. The Kier molecular flexibility index (Phi) is 9.55. The van der Waals surface area contributed by atoms with Crippen molar-refractivity contribution in [3.63, 3.8) is 0 Å². The number of carbonyl (C=O) groups excluding carboxylic acids is 2. The van der Waals surface area contributed by atoms with Gasteiger partial charge in [0.1, 0.15) is 6.54 Å². The van der Waals surface area contributed by atoms with E-state index in [4.69, 9.17) is 9.47 Å². The Balaban J connectivity index is 0.00000324. The van der Waals surface area contributed by atoms with E-state index in [-0.39, 0.29) is 43.4 Å². The number of rotatable bonds is 9. The van der Waals surface area contributed by atoms with Gasteiger partial charge in [0.05, 0.1) is 19.8 Å². The zero-order valence-electron chi connectivity index (χ0n) is 11.5. The maximum atomic E-state index is 11.9. The molecule has 0 aliphatic heterocycles. The largest absolute Gasteiger partial charge is 0.465 e. The fraction of sp³-hybridized carbons (Fsp3) is 0.833. The molecule has 19 heavy (non-hydrogen) atoms. The zero-order chi connectivity index (χ0) is 13.4. The van der Waals surface area contributed by atoms with E-state index in [9.17, 15) is 9.59 Å². The van der Waals surface area contributed by atoms with Crippen LogP contribution in [-0.2, 0) is 19.1 Å². The Morgan fingerprint density at radius 3 is 2.58 bits per heavy atom. The number of nitrogens with zero attached hydrogens (tertiary/aromatic N) is 1. The molecule has 6 nitrogen and oxygen atoms in total. The second kappa shape index (κ2) is 10.00. The molecule has 0 bridgehead atoms. The van der Waals surface area contributed by atoms with Crippen molar-refractivity contribution < 1.29 is 19.1 Å². The van der Waals surface area contributed by atoms with Gasteiger partial charge in [-0.1, -0.05) is 0 Å². The van der Waals surface area contributed by atoms with E-state index in [0.717, 1.165) is 12.8 Å². The van der Waals surface area contributed by atoms with Crippen molar-refractivity contribution >= 4 is 24.3 Å². The van der Waals surface area contributed by atoms with Crippen LogP contribution in [-0.4, -0.2) is 62.8 Å². The molecule has 0 heterocycles. The van der Waals surface area contributed by atoms with Crippen LogP contribution in [0.2, 0.25) is 0 Å². The van der Waals surface area contributed by atoms with Gasteiger partial charge < -0.3 is 19.7 Å². The molecule has 0 aromatic carbocycles. The summed E-state index contributed by atoms with van der Waals surface area (Å²) in [7, 11) is 1.61. The van der Waals surface area contributed by atoms with Crippen molar-refractivity contribution in [1.82, 2.24) is 10.2 Å². The second-order valence-electron chi connectivity index (χ2n) is 4.23. The molecule has 1 aliphatic carbocycles. The SMILES string of the molecule is CCOC(=O)CN(C(=O)CNCCOC)C1CC1.Cl. The van der Waals surface area contributed by atoms with Crippen LogP contribution in [0.5, 0.6) is 0 Å². The zero-order valence-corrected chi connectivity index (χ0v) is 12.3. The number of ether oxygens (including phenoxy) is 2. The summed E-state index contributed by atoms with van der Waals surface area (Å²) in [5, 5.41) is 2.99. The summed E-state index contributed by atoms with van der Waals surface area (Å²) in [6.07, 6.45) is 1.95. The van der Waals surface area contributed by atoms with Gasteiger partial charge in [-0.15, -0.1) is 12.4 Å². The molecule has 1 aliphatic rings. The molecule has 0 atom stereocenters. The number of hydrogen-bond acceptors (Lipinski definition) is 5. The minimum Gasteiger partial charge on any atom is -0.465 e. The first-order valence-corrected chi connectivity index (χ1v) is 6.33. The average Bonchev–Trinajstić information content (AvgIpc) is 3.16. The molecule has 0 aromatic heterocycles. The normalized spacial score (nSPS) is 13.6. The Labute approximate surface area is 120 Å². The van der Waals surface area contributed by atoms with Gasteiger partial charge in [0.15, 0.2) is 0 Å². The average molecular weight is 295 g/mol. The van der Waals surface area contributed by atoms with Crippen molar-refractivity contribution in [1.29, 1.82) is 0 Å². The van der Waals surface area contributed by atoms with E-state index < -0.39 is 0 Å². The highest BCUT2D eigenvalue weighted by Gasteiger charge is 2.33. The predicted molar refractivity (Wildman–Crippen MR) is 73.4 cm³/mol. The van der Waals surface area contributed by atoms with Crippen LogP contribution in [0.15, 0.2) is 0 Å². The van der Waals surface area contributed by atoms with Crippen molar-refractivity contribution in [2.75, 3.05) is 40.0 Å². The summed E-state index contributed by atoms with van der Waals surface area (Å²) in [5.41, 5.74) is 0. The van der Waals surface area contributed by atoms with Gasteiger partial charge in [0, 0.05) is 19.7 Å². The van der Waals surface area contributed by atoms with Crippen LogP contribution in [0, 0.1) is 0 Å². The van der Waals surface area contributed by atoms with E-state index in [1.807, 2.05) is 0 Å². The smallest absolute Gasteiger partial charge is 0.325 e.